The second kappa shape index (κ2) is 7.22. The number of benzene rings is 1. The van der Waals surface area contributed by atoms with Crippen LogP contribution in [-0.2, 0) is 0 Å². The van der Waals surface area contributed by atoms with E-state index in [0.717, 1.165) is 0 Å². The van der Waals surface area contributed by atoms with Gasteiger partial charge < -0.3 is 19.7 Å². The van der Waals surface area contributed by atoms with E-state index >= 15 is 0 Å². The molecule has 0 radical (unpaired) electrons. The second-order valence-corrected chi connectivity index (χ2v) is 6.71. The number of methoxy groups -OCH3 is 1. The van der Waals surface area contributed by atoms with Gasteiger partial charge in [0.15, 0.2) is 11.5 Å². The number of ether oxygens (including phenoxy) is 2. The number of hydrogen-bond donors (Lipinski definition) is 4. The molecule has 4 N–H and O–H groups in total. The zero-order chi connectivity index (χ0) is 19.7. The molecule has 3 aromatic rings. The van der Waals surface area contributed by atoms with Crippen LogP contribution in [0.15, 0.2) is 27.8 Å². The summed E-state index contributed by atoms with van der Waals surface area (Å²) in [5.41, 5.74) is 2.36. The third-order valence-corrected chi connectivity index (χ3v) is 4.50. The molecule has 2 aromatic heterocycles. The van der Waals surface area contributed by atoms with E-state index in [0.29, 0.717) is 39.6 Å². The van der Waals surface area contributed by atoms with Crippen LogP contribution >= 0.6 is 0 Å². The lowest BCUT2D eigenvalue weighted by Crippen LogP contribution is -2.21. The van der Waals surface area contributed by atoms with E-state index in [9.17, 15) is 9.59 Å². The summed E-state index contributed by atoms with van der Waals surface area (Å²) in [6.07, 6.45) is -0.114. The normalized spacial score (nSPS) is 11.4. The second-order valence-electron chi connectivity index (χ2n) is 6.71. The van der Waals surface area contributed by atoms with Crippen LogP contribution in [0.1, 0.15) is 47.8 Å². The molecule has 0 spiro atoms. The Morgan fingerprint density at radius 2 is 1.44 bits per heavy atom. The number of aromatic amines is 4. The summed E-state index contributed by atoms with van der Waals surface area (Å²) < 4.78 is 11.5. The van der Waals surface area contributed by atoms with Gasteiger partial charge in [0.25, 0.3) is 11.1 Å². The molecule has 0 unspecified atom stereocenters. The van der Waals surface area contributed by atoms with Crippen LogP contribution in [0.3, 0.4) is 0 Å². The van der Waals surface area contributed by atoms with E-state index in [1.54, 1.807) is 27.0 Å². The maximum Gasteiger partial charge on any atom is 0.268 e. The highest BCUT2D eigenvalue weighted by molar-refractivity contribution is 5.55. The first-order valence-corrected chi connectivity index (χ1v) is 8.73. The Morgan fingerprint density at radius 3 is 1.85 bits per heavy atom. The monoisotopic (exact) mass is 372 g/mol. The minimum Gasteiger partial charge on any atom is -0.493 e. The van der Waals surface area contributed by atoms with E-state index in [1.165, 1.54) is 0 Å². The van der Waals surface area contributed by atoms with Crippen molar-refractivity contribution in [1.29, 1.82) is 0 Å². The average molecular weight is 372 g/mol. The first kappa shape index (κ1) is 18.6. The van der Waals surface area contributed by atoms with Crippen molar-refractivity contribution in [3.8, 4) is 11.5 Å². The van der Waals surface area contributed by atoms with Gasteiger partial charge in [-0.05, 0) is 33.8 Å². The van der Waals surface area contributed by atoms with Crippen LogP contribution in [0, 0.1) is 13.8 Å². The molecule has 0 aliphatic carbocycles. The third kappa shape index (κ3) is 3.30. The fourth-order valence-electron chi connectivity index (χ4n) is 3.34. The van der Waals surface area contributed by atoms with E-state index in [-0.39, 0.29) is 17.2 Å². The molecule has 0 atom stereocenters. The smallest absolute Gasteiger partial charge is 0.268 e. The Morgan fingerprint density at radius 1 is 0.889 bits per heavy atom. The molecule has 8 nitrogen and oxygen atoms in total. The van der Waals surface area contributed by atoms with Gasteiger partial charge in [-0.2, -0.15) is 0 Å². The highest BCUT2D eigenvalue weighted by Crippen LogP contribution is 2.41. The van der Waals surface area contributed by atoms with Crippen LogP contribution in [0.2, 0.25) is 0 Å². The Labute approximate surface area is 155 Å². The van der Waals surface area contributed by atoms with Crippen molar-refractivity contribution < 1.29 is 9.47 Å². The minimum atomic E-state index is -0.626. The van der Waals surface area contributed by atoms with Crippen molar-refractivity contribution in [3.05, 3.63) is 67.0 Å². The van der Waals surface area contributed by atoms with Gasteiger partial charge in [-0.15, -0.1) is 0 Å². The summed E-state index contributed by atoms with van der Waals surface area (Å²) in [4.78, 5) is 25.2. The maximum absolute atomic E-state index is 12.6. The molecule has 0 fully saturated rings. The minimum absolute atomic E-state index is 0.114. The van der Waals surface area contributed by atoms with Crippen LogP contribution in [0.5, 0.6) is 11.5 Å². The lowest BCUT2D eigenvalue weighted by molar-refractivity contribution is 0.227. The molecular formula is C19H24N4O4. The Bertz CT molecular complexity index is 1000. The van der Waals surface area contributed by atoms with Crippen LogP contribution in [-0.4, -0.2) is 33.6 Å². The Balaban J connectivity index is 2.37. The third-order valence-electron chi connectivity index (χ3n) is 4.50. The summed E-state index contributed by atoms with van der Waals surface area (Å²) >= 11 is 0. The van der Waals surface area contributed by atoms with Gasteiger partial charge in [0.1, 0.15) is 0 Å². The highest BCUT2D eigenvalue weighted by Gasteiger charge is 2.31. The zero-order valence-electron chi connectivity index (χ0n) is 16.0. The molecule has 0 amide bonds. The van der Waals surface area contributed by atoms with Gasteiger partial charge in [0.05, 0.1) is 30.3 Å². The molecule has 0 saturated heterocycles. The van der Waals surface area contributed by atoms with E-state index in [2.05, 4.69) is 20.4 Å². The standard InChI is InChI=1S/C19H24N4O4/c1-9(2)27-17-12(7-6-8-13(17)26-5)16(14-10(3)20-22-18(14)24)15-11(4)21-23-19(15)25/h6-9,16H,1-5H3,(H2,20,22,24)(H2,21,23,25). The zero-order valence-corrected chi connectivity index (χ0v) is 16.0. The van der Waals surface area contributed by atoms with Gasteiger partial charge in [-0.25, -0.2) is 0 Å². The number of para-hydroxylation sites is 1. The molecule has 144 valence electrons. The predicted molar refractivity (Wildman–Crippen MR) is 102 cm³/mol. The van der Waals surface area contributed by atoms with E-state index in [1.807, 2.05) is 26.0 Å². The fraction of sp³-hybridized carbons (Fsp3) is 0.368. The molecule has 0 bridgehead atoms. The topological polar surface area (TPSA) is 116 Å². The van der Waals surface area contributed by atoms with Gasteiger partial charge in [0.2, 0.25) is 0 Å². The Hall–Kier alpha value is -3.16. The van der Waals surface area contributed by atoms with Crippen molar-refractivity contribution >= 4 is 0 Å². The fourth-order valence-corrected chi connectivity index (χ4v) is 3.34. The number of H-pyrrole nitrogens is 4. The van der Waals surface area contributed by atoms with Crippen molar-refractivity contribution in [2.45, 2.75) is 39.7 Å². The maximum atomic E-state index is 12.6. The van der Waals surface area contributed by atoms with Gasteiger partial charge >= 0.3 is 0 Å². The summed E-state index contributed by atoms with van der Waals surface area (Å²) in [6.45, 7) is 7.40. The molecule has 8 heteroatoms. The van der Waals surface area contributed by atoms with Crippen LogP contribution in [0.25, 0.3) is 0 Å². The Kier molecular flexibility index (Phi) is 4.98. The van der Waals surface area contributed by atoms with Gasteiger partial charge in [-0.1, -0.05) is 12.1 Å². The van der Waals surface area contributed by atoms with Crippen molar-refractivity contribution in [2.75, 3.05) is 7.11 Å². The molecule has 1 aromatic carbocycles. The van der Waals surface area contributed by atoms with Crippen LogP contribution < -0.4 is 20.6 Å². The van der Waals surface area contributed by atoms with Crippen LogP contribution in [0.4, 0.5) is 0 Å². The number of aryl methyl sites for hydroxylation is 2. The number of nitrogens with one attached hydrogen (secondary N) is 4. The lowest BCUT2D eigenvalue weighted by atomic mass is 9.84. The van der Waals surface area contributed by atoms with E-state index in [4.69, 9.17) is 9.47 Å². The van der Waals surface area contributed by atoms with Gasteiger partial charge in [0, 0.05) is 17.0 Å². The quantitative estimate of drug-likeness (QED) is 0.531. The molecule has 0 saturated carbocycles. The number of aromatic nitrogens is 4. The summed E-state index contributed by atoms with van der Waals surface area (Å²) in [6, 6.07) is 5.46. The number of rotatable bonds is 6. The molecule has 2 heterocycles. The summed E-state index contributed by atoms with van der Waals surface area (Å²) in [7, 11) is 1.56. The molecule has 3 rings (SSSR count). The lowest BCUT2D eigenvalue weighted by Gasteiger charge is -2.22. The predicted octanol–water partition coefficient (Wildman–Crippen LogP) is 2.31. The first-order chi connectivity index (χ1) is 12.8. The largest absolute Gasteiger partial charge is 0.493 e. The van der Waals surface area contributed by atoms with E-state index < -0.39 is 5.92 Å². The van der Waals surface area contributed by atoms with Crippen molar-refractivity contribution in [3.63, 3.8) is 0 Å². The summed E-state index contributed by atoms with van der Waals surface area (Å²) in [5.74, 6) is 0.430. The van der Waals surface area contributed by atoms with Crippen molar-refractivity contribution in [1.82, 2.24) is 20.4 Å². The summed E-state index contributed by atoms with van der Waals surface area (Å²) in [5, 5.41) is 10.9. The molecular weight excluding hydrogens is 348 g/mol. The van der Waals surface area contributed by atoms with Gasteiger partial charge in [-0.3, -0.25) is 19.8 Å². The first-order valence-electron chi connectivity index (χ1n) is 8.73. The highest BCUT2D eigenvalue weighted by atomic mass is 16.5. The van der Waals surface area contributed by atoms with Crippen molar-refractivity contribution in [2.24, 2.45) is 0 Å². The molecule has 0 aliphatic heterocycles. The SMILES string of the molecule is COc1cccc(C(c2c(C)[nH][nH]c2=O)c2c(C)[nH][nH]c2=O)c1OC(C)C. The number of hydrogen-bond acceptors (Lipinski definition) is 4. The molecule has 27 heavy (non-hydrogen) atoms. The molecule has 0 aliphatic rings. The average Bonchev–Trinajstić information content (AvgIpc) is 3.12.